The Morgan fingerprint density at radius 1 is 0.152 bits per heavy atom. The summed E-state index contributed by atoms with van der Waals surface area (Å²) in [6.45, 7) is 0. The minimum absolute atomic E-state index is 1.00. The zero-order chi connectivity index (χ0) is 87.1. The second-order valence-corrected chi connectivity index (χ2v) is 37.9. The summed E-state index contributed by atoms with van der Waals surface area (Å²) in [5.74, 6) is 0. The zero-order valence-corrected chi connectivity index (χ0v) is 74.6. The maximum absolute atomic E-state index is 5.06. The summed E-state index contributed by atoms with van der Waals surface area (Å²) in [6, 6.07) is 159. The molecule has 0 saturated heterocycles. The quantitative estimate of drug-likeness (QED) is 0.142. The normalized spacial score (nSPS) is 11.6. The first-order valence-corrected chi connectivity index (χ1v) is 47.8. The van der Waals surface area contributed by atoms with Crippen molar-refractivity contribution >= 4 is 213 Å². The molecule has 8 aromatic heterocycles. The summed E-state index contributed by atoms with van der Waals surface area (Å²) < 4.78 is 10.7. The molecule has 0 aliphatic carbocycles. The van der Waals surface area contributed by atoms with E-state index >= 15 is 0 Å². The Morgan fingerprint density at radius 2 is 0.462 bits per heavy atom. The van der Waals surface area contributed by atoms with Gasteiger partial charge in [0.25, 0.3) is 0 Å². The zero-order valence-electron chi connectivity index (χ0n) is 71.3. The lowest BCUT2D eigenvalue weighted by Crippen LogP contribution is -1.87. The number of fused-ring (bicyclic) bond motifs is 24. The van der Waals surface area contributed by atoms with Crippen LogP contribution in [0.1, 0.15) is 0 Å². The molecule has 0 bridgehead atoms. The Hall–Kier alpha value is -16.0. The Kier molecular flexibility index (Phi) is 19.7. The smallest absolute Gasteiger partial charge is 0.0787 e. The molecule has 0 aliphatic rings. The van der Waals surface area contributed by atoms with Crippen LogP contribution in [0.15, 0.2) is 461 Å². The van der Waals surface area contributed by atoms with E-state index in [2.05, 4.69) is 430 Å². The number of rotatable bonds is 8. The Morgan fingerprint density at radius 3 is 0.962 bits per heavy atom. The molecule has 0 aliphatic heterocycles. The van der Waals surface area contributed by atoms with Gasteiger partial charge in [0.15, 0.2) is 0 Å². The van der Waals surface area contributed by atoms with Gasteiger partial charge in [0.2, 0.25) is 0 Å². The van der Waals surface area contributed by atoms with E-state index in [1.54, 1.807) is 0 Å². The fraction of sp³-hybridized carbons (Fsp3) is 0. The molecule has 8 heterocycles. The number of thiophene rings is 4. The van der Waals surface area contributed by atoms with E-state index in [-0.39, 0.29) is 0 Å². The van der Waals surface area contributed by atoms with Crippen LogP contribution in [-0.2, 0) is 0 Å². The van der Waals surface area contributed by atoms with E-state index in [4.69, 9.17) is 15.0 Å². The van der Waals surface area contributed by atoms with Crippen LogP contribution in [0, 0.1) is 0 Å². The number of benzene rings is 20. The molecule has 0 radical (unpaired) electrons. The van der Waals surface area contributed by atoms with E-state index < -0.39 is 0 Å². The maximum atomic E-state index is 5.06. The average Bonchev–Trinajstić information content (AvgIpc) is 0.894. The largest absolute Gasteiger partial charge is 0.256 e. The predicted octanol–water partition coefficient (Wildman–Crippen LogP) is 36.4. The van der Waals surface area contributed by atoms with Crippen molar-refractivity contribution in [1.82, 2.24) is 19.9 Å². The van der Waals surface area contributed by atoms with Crippen LogP contribution in [-0.4, -0.2) is 19.9 Å². The third-order valence-corrected chi connectivity index (χ3v) is 30.7. The summed E-state index contributed by atoms with van der Waals surface area (Å²) >= 11 is 7.47. The molecule has 0 amide bonds. The van der Waals surface area contributed by atoms with Gasteiger partial charge >= 0.3 is 0 Å². The Labute approximate surface area is 776 Å². The van der Waals surface area contributed by atoms with Crippen molar-refractivity contribution in [2.45, 2.75) is 0 Å². The molecule has 4 nitrogen and oxygen atoms in total. The molecule has 616 valence electrons. The minimum Gasteiger partial charge on any atom is -0.256 e. The Balaban J connectivity index is 0.0000000945. The highest BCUT2D eigenvalue weighted by atomic mass is 32.1. The first-order valence-electron chi connectivity index (χ1n) is 44.6. The molecular formula is C124H76N4S4. The topological polar surface area (TPSA) is 51.6 Å². The van der Waals surface area contributed by atoms with E-state index in [9.17, 15) is 0 Å². The van der Waals surface area contributed by atoms with Gasteiger partial charge in [-0.15, -0.1) is 45.3 Å². The first kappa shape index (κ1) is 78.2. The third-order valence-electron chi connectivity index (χ3n) is 26.0. The number of pyridine rings is 4. The lowest BCUT2D eigenvalue weighted by molar-refractivity contribution is 1.41. The monoisotopic (exact) mass is 1750 g/mol. The van der Waals surface area contributed by atoms with Gasteiger partial charge in [0.05, 0.1) is 27.8 Å². The highest BCUT2D eigenvalue weighted by molar-refractivity contribution is 7.27. The molecule has 0 unspecified atom stereocenters. The molecule has 0 N–H and O–H groups in total. The van der Waals surface area contributed by atoms with Crippen LogP contribution in [0.25, 0.3) is 257 Å². The van der Waals surface area contributed by atoms with Gasteiger partial charge < -0.3 is 0 Å². The van der Waals surface area contributed by atoms with Crippen molar-refractivity contribution < 1.29 is 0 Å². The van der Waals surface area contributed by atoms with Gasteiger partial charge in [-0.2, -0.15) is 0 Å². The number of hydrogen-bond acceptors (Lipinski definition) is 8. The standard InChI is InChI=1S/4C31H19NS/c1-2-8-28-26(6-1)30-25(7-3-9-29(30)33-28)21-12-10-20(11-13-21)24-17-15-22-14-16-23-5-4-18-32-31(23)27(22)19-24;1-2-8-24-22(7-1)19-27(25-11-6-18-32-31(24)25)21-16-14-20(15-17-21)23-10-5-13-29-30(23)26-9-3-4-12-28(26)33-29;1-2-8-23-22(7-1)19-28(26-12-6-18-32-30(23)26)21-16-14-20(15-17-21)24-10-5-11-27-25-9-3-4-13-29(25)33-31(24)27;1-2-7-25-20(6-1)14-17-23-18-19-27(32-31(23)25)22-15-12-21(13-16-22)24-9-5-11-29-30(24)26-8-3-4-10-28(26)33-29/h4*1-19H. The maximum Gasteiger partial charge on any atom is 0.0787 e. The lowest BCUT2D eigenvalue weighted by atomic mass is 9.93. The second-order valence-electron chi connectivity index (χ2n) is 33.6. The van der Waals surface area contributed by atoms with E-state index in [0.29, 0.717) is 0 Å². The van der Waals surface area contributed by atoms with Crippen LogP contribution < -0.4 is 0 Å². The lowest BCUT2D eigenvalue weighted by Gasteiger charge is -2.11. The predicted molar refractivity (Wildman–Crippen MR) is 572 cm³/mol. The van der Waals surface area contributed by atoms with Gasteiger partial charge in [-0.3, -0.25) is 15.0 Å². The van der Waals surface area contributed by atoms with Gasteiger partial charge in [-0.05, 0) is 184 Å². The second kappa shape index (κ2) is 33.2. The molecule has 0 saturated carbocycles. The summed E-state index contributed by atoms with van der Waals surface area (Å²) in [6.07, 6.45) is 5.64. The molecule has 0 spiro atoms. The molecule has 20 aromatic carbocycles. The molecule has 8 heteroatoms. The summed E-state index contributed by atoms with van der Waals surface area (Å²) in [5, 5.41) is 25.1. The highest BCUT2D eigenvalue weighted by Crippen LogP contribution is 2.48. The third kappa shape index (κ3) is 14.0. The fourth-order valence-electron chi connectivity index (χ4n) is 19.7. The molecule has 28 rings (SSSR count). The number of hydrogen-bond donors (Lipinski definition) is 0. The van der Waals surface area contributed by atoms with Gasteiger partial charge in [-0.25, -0.2) is 4.98 Å². The van der Waals surface area contributed by atoms with Gasteiger partial charge in [-0.1, -0.05) is 358 Å². The average molecular weight is 1750 g/mol. The van der Waals surface area contributed by atoms with Crippen LogP contribution >= 0.6 is 45.3 Å². The molecule has 0 atom stereocenters. The van der Waals surface area contributed by atoms with Crippen LogP contribution in [0.3, 0.4) is 0 Å². The molecule has 28 aromatic rings. The van der Waals surface area contributed by atoms with Crippen molar-refractivity contribution in [3.05, 3.63) is 461 Å². The fourth-order valence-corrected chi connectivity index (χ4v) is 24.3. The SMILES string of the molecule is c1ccc2c(c1)cc(-c1ccc(-c3cccc4c3sc3ccccc34)cc1)c1cccnc12.c1ccc2c(c1)cc(-c1ccc(-c3cccc4sc5ccccc5c34)cc1)c1cccnc12.c1ccc2c(c1)ccc1ccc(-c3ccc(-c4cccc5sc6ccccc6c45)cc3)nc12.c1cnc2c(c1)ccc1ccc(-c3ccc(-c4cccc5sc6ccccc6c45)cc3)cc12. The summed E-state index contributed by atoms with van der Waals surface area (Å²) in [4.78, 5) is 19.1. The van der Waals surface area contributed by atoms with Crippen molar-refractivity contribution in [3.63, 3.8) is 0 Å². The van der Waals surface area contributed by atoms with Gasteiger partial charge in [0, 0.05) is 148 Å². The summed E-state index contributed by atoms with van der Waals surface area (Å²) in [5.41, 5.74) is 23.8. The molecule has 0 fully saturated rings. The molecule has 132 heavy (non-hydrogen) atoms. The van der Waals surface area contributed by atoms with Crippen LogP contribution in [0.5, 0.6) is 0 Å². The number of aromatic nitrogens is 4. The van der Waals surface area contributed by atoms with Crippen molar-refractivity contribution in [2.75, 3.05) is 0 Å². The summed E-state index contributed by atoms with van der Waals surface area (Å²) in [7, 11) is 0. The Bertz CT molecular complexity index is 9120. The van der Waals surface area contributed by atoms with E-state index in [0.717, 1.165) is 33.3 Å². The van der Waals surface area contributed by atoms with Gasteiger partial charge in [0.1, 0.15) is 0 Å². The van der Waals surface area contributed by atoms with E-state index in [1.165, 1.54) is 223 Å². The van der Waals surface area contributed by atoms with Crippen molar-refractivity contribution in [3.8, 4) is 89.1 Å². The minimum atomic E-state index is 1.00. The number of nitrogens with zero attached hydrogens (tertiary/aromatic N) is 4. The van der Waals surface area contributed by atoms with Crippen LogP contribution in [0.4, 0.5) is 0 Å². The highest BCUT2D eigenvalue weighted by Gasteiger charge is 2.20. The molecular weight excluding hydrogens is 1670 g/mol. The van der Waals surface area contributed by atoms with E-state index in [1.807, 2.05) is 82.1 Å². The van der Waals surface area contributed by atoms with Crippen LogP contribution in [0.2, 0.25) is 0 Å². The first-order chi connectivity index (χ1) is 65.4. The van der Waals surface area contributed by atoms with Crippen molar-refractivity contribution in [1.29, 1.82) is 0 Å². The van der Waals surface area contributed by atoms with Crippen molar-refractivity contribution in [2.24, 2.45) is 0 Å².